The van der Waals surface area contributed by atoms with Gasteiger partial charge in [-0.2, -0.15) is 4.31 Å². The van der Waals surface area contributed by atoms with E-state index in [4.69, 9.17) is 5.11 Å². The smallest absolute Gasteiger partial charge is 0.318 e. The lowest BCUT2D eigenvalue weighted by atomic mass is 10.4. The minimum absolute atomic E-state index is 0.525. The third kappa shape index (κ3) is 3.95. The summed E-state index contributed by atoms with van der Waals surface area (Å²) in [5.74, 6) is -1.83. The number of amides is 1. The van der Waals surface area contributed by atoms with E-state index in [1.54, 1.807) is 13.8 Å². The maximum Gasteiger partial charge on any atom is 0.318 e. The Hall–Kier alpha value is -1.15. The van der Waals surface area contributed by atoms with Gasteiger partial charge in [-0.15, -0.1) is 0 Å². The number of carbonyl (C=O) groups excluding carboxylic acids is 1. The van der Waals surface area contributed by atoms with E-state index in [1.807, 2.05) is 0 Å². The Labute approximate surface area is 107 Å². The van der Waals surface area contributed by atoms with Crippen molar-refractivity contribution in [1.82, 2.24) is 9.21 Å². The van der Waals surface area contributed by atoms with Crippen LogP contribution in [-0.4, -0.2) is 66.5 Å². The molecule has 0 heterocycles. The molecule has 0 fully saturated rings. The molecular weight excluding hydrogens is 260 g/mol. The predicted molar refractivity (Wildman–Crippen MR) is 66.6 cm³/mol. The molecule has 0 bridgehead atoms. The van der Waals surface area contributed by atoms with Gasteiger partial charge in [0.1, 0.15) is 6.54 Å². The molecule has 0 radical (unpaired) electrons. The van der Waals surface area contributed by atoms with E-state index in [-0.39, 0.29) is 0 Å². The molecule has 0 spiro atoms. The van der Waals surface area contributed by atoms with Crippen molar-refractivity contribution >= 4 is 21.9 Å². The van der Waals surface area contributed by atoms with Crippen molar-refractivity contribution in [3.8, 4) is 0 Å². The van der Waals surface area contributed by atoms with Gasteiger partial charge in [0, 0.05) is 20.1 Å². The van der Waals surface area contributed by atoms with Gasteiger partial charge in [0.25, 0.3) is 0 Å². The fraction of sp³-hybridized carbons (Fsp3) is 0.800. The third-order valence-electron chi connectivity index (χ3n) is 2.43. The van der Waals surface area contributed by atoms with Crippen LogP contribution in [0, 0.1) is 0 Å². The fourth-order valence-electron chi connectivity index (χ4n) is 1.39. The number of hydrogen-bond donors (Lipinski definition) is 1. The largest absolute Gasteiger partial charge is 0.480 e. The van der Waals surface area contributed by atoms with Crippen molar-refractivity contribution in [3.05, 3.63) is 0 Å². The number of nitrogens with zero attached hydrogens (tertiary/aromatic N) is 2. The van der Waals surface area contributed by atoms with Crippen LogP contribution in [0.5, 0.6) is 0 Å². The molecule has 0 aromatic carbocycles. The van der Waals surface area contributed by atoms with Crippen molar-refractivity contribution < 1.29 is 23.1 Å². The first kappa shape index (κ1) is 16.9. The Morgan fingerprint density at radius 1 is 1.17 bits per heavy atom. The van der Waals surface area contributed by atoms with Gasteiger partial charge in [-0.1, -0.05) is 0 Å². The Balaban J connectivity index is 5.31. The molecule has 0 aromatic rings. The minimum atomic E-state index is -3.98. The van der Waals surface area contributed by atoms with Crippen LogP contribution >= 0.6 is 0 Å². The number of aliphatic carboxylic acids is 1. The first-order chi connectivity index (χ1) is 8.01. The number of hydrogen-bond acceptors (Lipinski definition) is 4. The zero-order valence-corrected chi connectivity index (χ0v) is 12.1. The Bertz CT molecular complexity index is 416. The average Bonchev–Trinajstić information content (AvgIpc) is 2.22. The van der Waals surface area contributed by atoms with Crippen molar-refractivity contribution in [1.29, 1.82) is 0 Å². The van der Waals surface area contributed by atoms with Crippen LogP contribution in [0.3, 0.4) is 0 Å². The molecule has 0 aliphatic carbocycles. The SMILES string of the molecule is CC(C)N(CC(=O)O)S(=O)(=O)C(C)C(=O)N(C)C. The van der Waals surface area contributed by atoms with E-state index in [0.717, 1.165) is 4.31 Å². The fourth-order valence-corrected chi connectivity index (χ4v) is 3.14. The number of carboxylic acid groups (broad SMARTS) is 1. The molecule has 7 nitrogen and oxygen atoms in total. The van der Waals surface area contributed by atoms with E-state index in [9.17, 15) is 18.0 Å². The Morgan fingerprint density at radius 2 is 1.61 bits per heavy atom. The van der Waals surface area contributed by atoms with Crippen LogP contribution in [0.2, 0.25) is 0 Å². The van der Waals surface area contributed by atoms with E-state index in [1.165, 1.54) is 25.9 Å². The number of carboxylic acids is 1. The average molecular weight is 280 g/mol. The first-order valence-corrected chi connectivity index (χ1v) is 6.95. The summed E-state index contributed by atoms with van der Waals surface area (Å²) in [7, 11) is -1.08. The Kier molecular flexibility index (Phi) is 5.75. The van der Waals surface area contributed by atoms with Crippen LogP contribution in [0.4, 0.5) is 0 Å². The summed E-state index contributed by atoms with van der Waals surface area (Å²) in [4.78, 5) is 23.5. The van der Waals surface area contributed by atoms with E-state index in [0.29, 0.717) is 0 Å². The van der Waals surface area contributed by atoms with E-state index in [2.05, 4.69) is 0 Å². The zero-order valence-electron chi connectivity index (χ0n) is 11.2. The van der Waals surface area contributed by atoms with Crippen LogP contribution in [0.15, 0.2) is 0 Å². The monoisotopic (exact) mass is 280 g/mol. The van der Waals surface area contributed by atoms with Gasteiger partial charge >= 0.3 is 5.97 Å². The summed E-state index contributed by atoms with van der Waals surface area (Å²) in [5, 5.41) is 7.43. The van der Waals surface area contributed by atoms with Gasteiger partial charge < -0.3 is 10.0 Å². The third-order valence-corrected chi connectivity index (χ3v) is 4.73. The van der Waals surface area contributed by atoms with Gasteiger partial charge in [-0.25, -0.2) is 8.42 Å². The molecule has 1 atom stereocenters. The first-order valence-electron chi connectivity index (χ1n) is 5.45. The highest BCUT2D eigenvalue weighted by molar-refractivity contribution is 7.90. The van der Waals surface area contributed by atoms with Crippen LogP contribution < -0.4 is 0 Å². The molecule has 0 aliphatic rings. The molecule has 0 aliphatic heterocycles. The van der Waals surface area contributed by atoms with Gasteiger partial charge in [0.15, 0.2) is 5.25 Å². The molecular formula is C10H20N2O5S. The van der Waals surface area contributed by atoms with Gasteiger partial charge in [0.2, 0.25) is 15.9 Å². The molecule has 1 N–H and O–H groups in total. The summed E-state index contributed by atoms with van der Waals surface area (Å²) >= 11 is 0. The lowest BCUT2D eigenvalue weighted by molar-refractivity contribution is -0.137. The number of sulfonamides is 1. The summed E-state index contributed by atoms with van der Waals surface area (Å²) in [6.45, 7) is 3.74. The number of rotatable bonds is 6. The summed E-state index contributed by atoms with van der Waals surface area (Å²) < 4.78 is 25.2. The highest BCUT2D eigenvalue weighted by atomic mass is 32.2. The molecule has 0 saturated heterocycles. The van der Waals surface area contributed by atoms with E-state index < -0.39 is 39.7 Å². The van der Waals surface area contributed by atoms with Gasteiger partial charge in [-0.05, 0) is 20.8 Å². The highest BCUT2D eigenvalue weighted by Crippen LogP contribution is 2.14. The van der Waals surface area contributed by atoms with Crippen molar-refractivity contribution in [3.63, 3.8) is 0 Å². The summed E-state index contributed by atoms with van der Waals surface area (Å²) in [6.07, 6.45) is 0. The second-order valence-corrected chi connectivity index (χ2v) is 6.66. The summed E-state index contributed by atoms with van der Waals surface area (Å²) in [6, 6.07) is -0.525. The van der Waals surface area contributed by atoms with Crippen molar-refractivity contribution in [2.45, 2.75) is 32.1 Å². The molecule has 0 rings (SSSR count). The quantitative estimate of drug-likeness (QED) is 0.713. The molecule has 18 heavy (non-hydrogen) atoms. The van der Waals surface area contributed by atoms with E-state index >= 15 is 0 Å². The van der Waals surface area contributed by atoms with Crippen LogP contribution in [0.25, 0.3) is 0 Å². The second-order valence-electron chi connectivity index (χ2n) is 4.45. The zero-order chi connectivity index (χ0) is 14.7. The minimum Gasteiger partial charge on any atom is -0.480 e. The number of carbonyl (C=O) groups is 2. The van der Waals surface area contributed by atoms with Crippen molar-refractivity contribution in [2.75, 3.05) is 20.6 Å². The van der Waals surface area contributed by atoms with Crippen molar-refractivity contribution in [2.24, 2.45) is 0 Å². The molecule has 1 amide bonds. The lowest BCUT2D eigenvalue weighted by Crippen LogP contribution is -2.49. The van der Waals surface area contributed by atoms with Crippen LogP contribution in [0.1, 0.15) is 20.8 Å². The standard InChI is InChI=1S/C10H20N2O5S/c1-7(2)12(6-9(13)14)18(16,17)8(3)10(15)11(4)5/h7-8H,6H2,1-5H3,(H,13,14). The predicted octanol–water partition coefficient (Wildman–Crippen LogP) is -0.412. The highest BCUT2D eigenvalue weighted by Gasteiger charge is 2.37. The van der Waals surface area contributed by atoms with Gasteiger partial charge in [0.05, 0.1) is 0 Å². The maximum absolute atomic E-state index is 12.2. The molecule has 0 aromatic heterocycles. The van der Waals surface area contributed by atoms with Gasteiger partial charge in [-0.3, -0.25) is 9.59 Å². The molecule has 0 saturated carbocycles. The normalized spacial score (nSPS) is 13.7. The topological polar surface area (TPSA) is 95.0 Å². The summed E-state index contributed by atoms with van der Waals surface area (Å²) in [5.41, 5.74) is 0. The second kappa shape index (κ2) is 6.14. The molecule has 1 unspecified atom stereocenters. The molecule has 106 valence electrons. The maximum atomic E-state index is 12.2. The lowest BCUT2D eigenvalue weighted by Gasteiger charge is -2.28. The van der Waals surface area contributed by atoms with Crippen LogP contribution in [-0.2, 0) is 19.6 Å². The molecule has 8 heteroatoms. The Morgan fingerprint density at radius 3 is 1.89 bits per heavy atom.